The molecular formula is C17H38FN. The summed E-state index contributed by atoms with van der Waals surface area (Å²) in [4.78, 5) is 0. The topological polar surface area (TPSA) is 26.0 Å². The van der Waals surface area contributed by atoms with E-state index >= 15 is 0 Å². The third kappa shape index (κ3) is 20.4. The summed E-state index contributed by atoms with van der Waals surface area (Å²) in [5.41, 5.74) is 5.48. The highest BCUT2D eigenvalue weighted by Gasteiger charge is 1.93. The van der Waals surface area contributed by atoms with E-state index in [1.807, 2.05) is 0 Å². The van der Waals surface area contributed by atoms with Gasteiger partial charge in [0.15, 0.2) is 0 Å². The third-order valence-electron chi connectivity index (χ3n) is 3.81. The van der Waals surface area contributed by atoms with E-state index in [1.165, 1.54) is 96.3 Å². The number of nitrogens with two attached hydrogens (primary N) is 1. The van der Waals surface area contributed by atoms with Crippen LogP contribution in [0.1, 0.15) is 103 Å². The number of rotatable bonds is 15. The zero-order valence-electron chi connectivity index (χ0n) is 13.3. The summed E-state index contributed by atoms with van der Waals surface area (Å²) in [5.74, 6) is 0. The Balaban J connectivity index is 0. The molecule has 0 saturated heterocycles. The van der Waals surface area contributed by atoms with Crippen molar-refractivity contribution in [3.05, 3.63) is 0 Å². The predicted octanol–water partition coefficient (Wildman–Crippen LogP) is 5.97. The molecule has 0 atom stereocenters. The van der Waals surface area contributed by atoms with Crippen LogP contribution in [0, 0.1) is 0 Å². The lowest BCUT2D eigenvalue weighted by molar-refractivity contribution is 0.533. The molecule has 0 aromatic rings. The second-order valence-corrected chi connectivity index (χ2v) is 5.74. The predicted molar refractivity (Wildman–Crippen MR) is 86.5 cm³/mol. The standard InChI is InChI=1S/C17H37N.FH/c1-2-3-4-5-6-7-8-9-10-11-12-13-14-15-16-17-18;/h2-18H2,1H3;1H. The summed E-state index contributed by atoms with van der Waals surface area (Å²) in [6.07, 6.45) is 21.4. The fourth-order valence-electron chi connectivity index (χ4n) is 2.52. The van der Waals surface area contributed by atoms with E-state index in [-0.39, 0.29) is 4.70 Å². The van der Waals surface area contributed by atoms with Gasteiger partial charge in [-0.05, 0) is 13.0 Å². The van der Waals surface area contributed by atoms with Crippen LogP contribution in [-0.4, -0.2) is 6.54 Å². The minimum atomic E-state index is 0. The smallest absolute Gasteiger partial charge is 0.00773 e. The molecule has 0 amide bonds. The van der Waals surface area contributed by atoms with Crippen molar-refractivity contribution in [2.45, 2.75) is 103 Å². The largest absolute Gasteiger partial charge is 0.330 e. The third-order valence-corrected chi connectivity index (χ3v) is 3.81. The fraction of sp³-hybridized carbons (Fsp3) is 1.00. The lowest BCUT2D eigenvalue weighted by Crippen LogP contribution is -1.97. The van der Waals surface area contributed by atoms with Crippen molar-refractivity contribution in [2.24, 2.45) is 5.73 Å². The van der Waals surface area contributed by atoms with Gasteiger partial charge in [0.05, 0.1) is 0 Å². The summed E-state index contributed by atoms with van der Waals surface area (Å²) in [7, 11) is 0. The molecule has 0 aliphatic rings. The summed E-state index contributed by atoms with van der Waals surface area (Å²) in [5, 5.41) is 0. The first-order valence-corrected chi connectivity index (χ1v) is 8.62. The van der Waals surface area contributed by atoms with Crippen LogP contribution in [0.15, 0.2) is 0 Å². The number of hydrogen-bond donors (Lipinski definition) is 1. The molecule has 0 unspecified atom stereocenters. The molecule has 118 valence electrons. The molecular weight excluding hydrogens is 237 g/mol. The van der Waals surface area contributed by atoms with E-state index in [2.05, 4.69) is 6.92 Å². The Morgan fingerprint density at radius 1 is 0.474 bits per heavy atom. The first kappa shape index (κ1) is 21.2. The van der Waals surface area contributed by atoms with Crippen LogP contribution < -0.4 is 5.73 Å². The lowest BCUT2D eigenvalue weighted by atomic mass is 10.0. The monoisotopic (exact) mass is 275 g/mol. The Bertz CT molecular complexity index is 123. The van der Waals surface area contributed by atoms with Crippen LogP contribution in [0.5, 0.6) is 0 Å². The quantitative estimate of drug-likeness (QED) is 0.366. The normalized spacial score (nSPS) is 10.4. The van der Waals surface area contributed by atoms with Crippen LogP contribution in [0.2, 0.25) is 0 Å². The van der Waals surface area contributed by atoms with Crippen molar-refractivity contribution in [1.82, 2.24) is 0 Å². The molecule has 2 heteroatoms. The van der Waals surface area contributed by atoms with Crippen molar-refractivity contribution in [1.29, 1.82) is 0 Å². The second-order valence-electron chi connectivity index (χ2n) is 5.74. The maximum Gasteiger partial charge on any atom is -0.00773 e. The summed E-state index contributed by atoms with van der Waals surface area (Å²) < 4.78 is 0. The van der Waals surface area contributed by atoms with E-state index in [9.17, 15) is 0 Å². The summed E-state index contributed by atoms with van der Waals surface area (Å²) >= 11 is 0. The second kappa shape index (κ2) is 20.2. The molecule has 0 heterocycles. The van der Waals surface area contributed by atoms with Crippen LogP contribution in [0.3, 0.4) is 0 Å². The molecule has 0 aromatic heterocycles. The molecule has 0 aliphatic heterocycles. The van der Waals surface area contributed by atoms with Crippen molar-refractivity contribution < 1.29 is 4.70 Å². The highest BCUT2D eigenvalue weighted by Crippen LogP contribution is 2.13. The van der Waals surface area contributed by atoms with Gasteiger partial charge in [-0.3, -0.25) is 4.70 Å². The molecule has 0 rings (SSSR count). The molecule has 1 nitrogen and oxygen atoms in total. The van der Waals surface area contributed by atoms with Gasteiger partial charge in [-0.15, -0.1) is 0 Å². The van der Waals surface area contributed by atoms with Crippen LogP contribution in [0.25, 0.3) is 0 Å². The molecule has 19 heavy (non-hydrogen) atoms. The van der Waals surface area contributed by atoms with Gasteiger partial charge < -0.3 is 5.73 Å². The average Bonchev–Trinajstić information content (AvgIpc) is 2.39. The van der Waals surface area contributed by atoms with E-state index in [1.54, 1.807) is 0 Å². The van der Waals surface area contributed by atoms with Gasteiger partial charge in [0, 0.05) is 0 Å². The molecule has 0 saturated carbocycles. The van der Waals surface area contributed by atoms with Gasteiger partial charge in [-0.2, -0.15) is 0 Å². The van der Waals surface area contributed by atoms with Gasteiger partial charge >= 0.3 is 0 Å². The van der Waals surface area contributed by atoms with E-state index in [4.69, 9.17) is 5.73 Å². The van der Waals surface area contributed by atoms with Crippen LogP contribution >= 0.6 is 0 Å². The van der Waals surface area contributed by atoms with E-state index in [0.717, 1.165) is 6.54 Å². The van der Waals surface area contributed by atoms with Crippen molar-refractivity contribution >= 4 is 0 Å². The highest BCUT2D eigenvalue weighted by atomic mass is 19.0. The maximum atomic E-state index is 5.48. The van der Waals surface area contributed by atoms with Crippen molar-refractivity contribution in [3.8, 4) is 0 Å². The molecule has 2 N–H and O–H groups in total. The zero-order chi connectivity index (χ0) is 13.3. The Hall–Kier alpha value is -0.110. The molecule has 0 spiro atoms. The maximum absolute atomic E-state index is 5.48. The van der Waals surface area contributed by atoms with Crippen LogP contribution in [0.4, 0.5) is 4.70 Å². The summed E-state index contributed by atoms with van der Waals surface area (Å²) in [6, 6.07) is 0. The first-order valence-electron chi connectivity index (χ1n) is 8.62. The molecule has 0 radical (unpaired) electrons. The fourth-order valence-corrected chi connectivity index (χ4v) is 2.52. The van der Waals surface area contributed by atoms with Crippen molar-refractivity contribution in [2.75, 3.05) is 6.54 Å². The van der Waals surface area contributed by atoms with Gasteiger partial charge in [-0.1, -0.05) is 96.8 Å². The number of halogens is 1. The summed E-state index contributed by atoms with van der Waals surface area (Å²) in [6.45, 7) is 3.16. The highest BCUT2D eigenvalue weighted by molar-refractivity contribution is 4.49. The zero-order valence-corrected chi connectivity index (χ0v) is 13.3. The molecule has 0 fully saturated rings. The average molecular weight is 275 g/mol. The lowest BCUT2D eigenvalue weighted by Gasteiger charge is -2.03. The molecule has 0 aliphatic carbocycles. The molecule has 0 aromatic carbocycles. The SMILES string of the molecule is CCCCCCCCCCCCCCCCCN.F. The van der Waals surface area contributed by atoms with Crippen LogP contribution in [-0.2, 0) is 0 Å². The Kier molecular flexibility index (Phi) is 22.5. The Morgan fingerprint density at radius 3 is 1.00 bits per heavy atom. The first-order chi connectivity index (χ1) is 8.91. The Morgan fingerprint density at radius 2 is 0.737 bits per heavy atom. The van der Waals surface area contributed by atoms with Crippen molar-refractivity contribution in [3.63, 3.8) is 0 Å². The Labute approximate surface area is 121 Å². The number of unbranched alkanes of at least 4 members (excludes halogenated alkanes) is 14. The minimum Gasteiger partial charge on any atom is -0.330 e. The van der Waals surface area contributed by atoms with Gasteiger partial charge in [0.25, 0.3) is 0 Å². The van der Waals surface area contributed by atoms with Gasteiger partial charge in [0.1, 0.15) is 0 Å². The molecule has 0 bridgehead atoms. The van der Waals surface area contributed by atoms with Gasteiger partial charge in [-0.25, -0.2) is 0 Å². The number of hydrogen-bond acceptors (Lipinski definition) is 1. The van der Waals surface area contributed by atoms with Gasteiger partial charge in [0.2, 0.25) is 0 Å². The van der Waals surface area contributed by atoms with E-state index in [0.29, 0.717) is 0 Å². The van der Waals surface area contributed by atoms with E-state index < -0.39 is 0 Å². The minimum absolute atomic E-state index is 0.